The van der Waals surface area contributed by atoms with Crippen LogP contribution in [0.3, 0.4) is 0 Å². The molecule has 3 aliphatic rings. The number of hydrogen-bond donors (Lipinski definition) is 0. The second kappa shape index (κ2) is 7.59. The summed E-state index contributed by atoms with van der Waals surface area (Å²) >= 11 is 0. The Labute approximate surface area is 187 Å². The maximum atomic E-state index is 12.8. The number of carbonyl (C=O) groups excluding carboxylic acids is 1. The minimum absolute atomic E-state index is 0.0118. The number of rotatable bonds is 3. The molecule has 0 spiro atoms. The van der Waals surface area contributed by atoms with Crippen molar-refractivity contribution in [2.45, 2.75) is 73.1 Å². The highest BCUT2D eigenvalue weighted by molar-refractivity contribution is 6.05. The van der Waals surface area contributed by atoms with Gasteiger partial charge in [-0.05, 0) is 60.6 Å². The minimum atomic E-state index is -0.402. The summed E-state index contributed by atoms with van der Waals surface area (Å²) in [6.45, 7) is 13.1. The molecule has 1 aromatic rings. The number of nitriles is 1. The van der Waals surface area contributed by atoms with E-state index in [0.29, 0.717) is 17.4 Å². The molecule has 0 saturated heterocycles. The van der Waals surface area contributed by atoms with Gasteiger partial charge in [-0.3, -0.25) is 9.79 Å². The predicted octanol–water partition coefficient (Wildman–Crippen LogP) is 6.76. The van der Waals surface area contributed by atoms with Gasteiger partial charge >= 0.3 is 0 Å². The summed E-state index contributed by atoms with van der Waals surface area (Å²) in [7, 11) is 0. The smallest absolute Gasteiger partial charge is 0.176 e. The third-order valence-corrected chi connectivity index (χ3v) is 8.60. The molecule has 0 amide bonds. The van der Waals surface area contributed by atoms with Crippen LogP contribution in [0.25, 0.3) is 0 Å². The van der Waals surface area contributed by atoms with Gasteiger partial charge in [-0.1, -0.05) is 65.0 Å². The zero-order valence-electron chi connectivity index (χ0n) is 19.7. The highest BCUT2D eigenvalue weighted by Crippen LogP contribution is 2.62. The molecule has 3 heteroatoms. The van der Waals surface area contributed by atoms with Crippen molar-refractivity contribution < 1.29 is 4.79 Å². The van der Waals surface area contributed by atoms with Crippen LogP contribution in [0.2, 0.25) is 0 Å². The SMILES string of the molecule is CCC1CC2=C(N=C1c1ccc(C(C)C)cc1)[C@]1(C)C=C(C#N)C(=O)[C@H](C)[C@@]1(C)CC2. The lowest BCUT2D eigenvalue weighted by Crippen LogP contribution is -2.51. The molecule has 3 nitrogen and oxygen atoms in total. The van der Waals surface area contributed by atoms with Crippen LogP contribution < -0.4 is 0 Å². The minimum Gasteiger partial charge on any atom is -0.293 e. The van der Waals surface area contributed by atoms with Crippen LogP contribution >= 0.6 is 0 Å². The van der Waals surface area contributed by atoms with Gasteiger partial charge < -0.3 is 0 Å². The number of nitrogens with zero attached hydrogens (tertiary/aromatic N) is 2. The van der Waals surface area contributed by atoms with E-state index in [1.165, 1.54) is 22.4 Å². The van der Waals surface area contributed by atoms with E-state index in [0.717, 1.165) is 31.4 Å². The van der Waals surface area contributed by atoms with Crippen LogP contribution in [0.1, 0.15) is 84.3 Å². The van der Waals surface area contributed by atoms with Crippen LogP contribution in [0.15, 0.2) is 52.2 Å². The Morgan fingerprint density at radius 2 is 1.90 bits per heavy atom. The first kappa shape index (κ1) is 21.8. The van der Waals surface area contributed by atoms with Gasteiger partial charge in [0.25, 0.3) is 0 Å². The fraction of sp³-hybridized carbons (Fsp3) is 0.536. The van der Waals surface area contributed by atoms with Crippen molar-refractivity contribution in [1.82, 2.24) is 0 Å². The second-order valence-electron chi connectivity index (χ2n) is 10.4. The van der Waals surface area contributed by atoms with Crippen molar-refractivity contribution in [2.24, 2.45) is 27.7 Å². The summed E-state index contributed by atoms with van der Waals surface area (Å²) in [6, 6.07) is 11.1. The first-order chi connectivity index (χ1) is 14.7. The van der Waals surface area contributed by atoms with Crippen LogP contribution in [0.5, 0.6) is 0 Å². The molecule has 0 fully saturated rings. The molecule has 162 valence electrons. The quantitative estimate of drug-likeness (QED) is 0.549. The zero-order valence-corrected chi connectivity index (χ0v) is 19.7. The molecule has 2 aliphatic carbocycles. The Morgan fingerprint density at radius 1 is 1.23 bits per heavy atom. The molecular formula is C28H34N2O. The first-order valence-corrected chi connectivity index (χ1v) is 11.7. The summed E-state index contributed by atoms with van der Waals surface area (Å²) in [5.41, 5.74) is 5.91. The van der Waals surface area contributed by atoms with E-state index in [1.807, 2.05) is 13.0 Å². The van der Waals surface area contributed by atoms with E-state index in [4.69, 9.17) is 4.99 Å². The monoisotopic (exact) mass is 414 g/mol. The standard InChI is InChI=1S/C28H34N2O/c1-7-19-14-22-12-13-27(5)18(4)25(31)23(16-29)15-28(27,6)26(22)30-24(19)21-10-8-20(9-11-21)17(2)3/h8-11,15,17-19H,7,12-14H2,1-6H3/t18-,19?,27+,28-/m0/s1. The fourth-order valence-electron chi connectivity index (χ4n) is 5.97. The Bertz CT molecular complexity index is 1050. The maximum Gasteiger partial charge on any atom is 0.176 e. The Morgan fingerprint density at radius 3 is 2.48 bits per heavy atom. The predicted molar refractivity (Wildman–Crippen MR) is 126 cm³/mol. The van der Waals surface area contributed by atoms with E-state index in [1.54, 1.807) is 0 Å². The largest absolute Gasteiger partial charge is 0.293 e. The number of Topliss-reactive ketones (excluding diaryl/α,β-unsaturated/α-hetero) is 1. The topological polar surface area (TPSA) is 53.2 Å². The maximum absolute atomic E-state index is 12.8. The second-order valence-corrected chi connectivity index (χ2v) is 10.4. The van der Waals surface area contributed by atoms with Gasteiger partial charge in [-0.15, -0.1) is 0 Å². The molecule has 1 aromatic carbocycles. The van der Waals surface area contributed by atoms with E-state index in [9.17, 15) is 10.1 Å². The van der Waals surface area contributed by atoms with Gasteiger partial charge in [0.2, 0.25) is 0 Å². The van der Waals surface area contributed by atoms with Crippen molar-refractivity contribution in [3.8, 4) is 6.07 Å². The van der Waals surface area contributed by atoms with Gasteiger partial charge in [-0.25, -0.2) is 0 Å². The average molecular weight is 415 g/mol. The van der Waals surface area contributed by atoms with Gasteiger partial charge in [0, 0.05) is 17.3 Å². The van der Waals surface area contributed by atoms with Crippen LogP contribution in [0, 0.1) is 34.0 Å². The first-order valence-electron chi connectivity index (χ1n) is 11.7. The molecule has 0 aromatic heterocycles. The molecule has 0 saturated carbocycles. The van der Waals surface area contributed by atoms with Crippen molar-refractivity contribution in [3.05, 3.63) is 58.3 Å². The van der Waals surface area contributed by atoms with E-state index >= 15 is 0 Å². The number of fused-ring (bicyclic) bond motifs is 2. The molecule has 0 N–H and O–H groups in total. The lowest BCUT2D eigenvalue weighted by atomic mass is 9.48. The van der Waals surface area contributed by atoms with Crippen molar-refractivity contribution in [2.75, 3.05) is 0 Å². The molecule has 1 unspecified atom stereocenters. The van der Waals surface area contributed by atoms with Gasteiger partial charge in [0.05, 0.1) is 17.0 Å². The number of hydrogen-bond acceptors (Lipinski definition) is 3. The Balaban J connectivity index is 1.87. The highest BCUT2D eigenvalue weighted by atomic mass is 16.1. The lowest BCUT2D eigenvalue weighted by Gasteiger charge is -2.55. The van der Waals surface area contributed by atoms with E-state index in [-0.39, 0.29) is 17.1 Å². The Hall–Kier alpha value is -2.47. The number of carbonyl (C=O) groups is 1. The lowest BCUT2D eigenvalue weighted by molar-refractivity contribution is -0.126. The number of allylic oxidation sites excluding steroid dienone is 3. The normalized spacial score (nSPS) is 32.8. The van der Waals surface area contributed by atoms with Crippen LogP contribution in [0.4, 0.5) is 0 Å². The number of benzene rings is 1. The van der Waals surface area contributed by atoms with Crippen molar-refractivity contribution in [3.63, 3.8) is 0 Å². The third-order valence-electron chi connectivity index (χ3n) is 8.60. The molecule has 4 rings (SSSR count). The average Bonchev–Trinajstić information content (AvgIpc) is 2.77. The van der Waals surface area contributed by atoms with Gasteiger partial charge in [0.1, 0.15) is 6.07 Å². The van der Waals surface area contributed by atoms with Crippen LogP contribution in [-0.2, 0) is 4.79 Å². The molecule has 31 heavy (non-hydrogen) atoms. The molecular weight excluding hydrogens is 380 g/mol. The van der Waals surface area contributed by atoms with E-state index in [2.05, 4.69) is 65.0 Å². The van der Waals surface area contributed by atoms with Crippen molar-refractivity contribution >= 4 is 11.5 Å². The molecule has 4 atom stereocenters. The number of ketones is 1. The summed E-state index contributed by atoms with van der Waals surface area (Å²) in [5.74, 6) is 0.729. The summed E-state index contributed by atoms with van der Waals surface area (Å²) in [6.07, 6.45) is 5.99. The number of aliphatic imine (C=N–C) groups is 1. The molecule has 0 bridgehead atoms. The molecule has 1 aliphatic heterocycles. The van der Waals surface area contributed by atoms with Crippen molar-refractivity contribution in [1.29, 1.82) is 5.26 Å². The molecule has 1 heterocycles. The van der Waals surface area contributed by atoms with Crippen LogP contribution in [-0.4, -0.2) is 11.5 Å². The van der Waals surface area contributed by atoms with E-state index < -0.39 is 5.41 Å². The highest BCUT2D eigenvalue weighted by Gasteiger charge is 2.57. The summed E-state index contributed by atoms with van der Waals surface area (Å²) < 4.78 is 0. The molecule has 0 radical (unpaired) electrons. The van der Waals surface area contributed by atoms with Gasteiger partial charge in [-0.2, -0.15) is 5.26 Å². The summed E-state index contributed by atoms with van der Waals surface area (Å²) in [5, 5.41) is 9.65. The van der Waals surface area contributed by atoms with Gasteiger partial charge in [0.15, 0.2) is 5.78 Å². The fourth-order valence-corrected chi connectivity index (χ4v) is 5.97. The third kappa shape index (κ3) is 3.15. The zero-order chi connectivity index (χ0) is 22.6. The Kier molecular flexibility index (Phi) is 5.32. The summed E-state index contributed by atoms with van der Waals surface area (Å²) in [4.78, 5) is 18.2.